The van der Waals surface area contributed by atoms with Gasteiger partial charge in [-0.3, -0.25) is 10.1 Å². The molecule has 3 rings (SSSR count). The molecule has 0 radical (unpaired) electrons. The van der Waals surface area contributed by atoms with Gasteiger partial charge in [-0.05, 0) is 24.3 Å². The van der Waals surface area contributed by atoms with Gasteiger partial charge in [0.15, 0.2) is 18.1 Å². The number of oxazole rings is 1. The molecule has 0 saturated heterocycles. The Morgan fingerprint density at radius 3 is 2.71 bits per heavy atom. The molecule has 0 aliphatic rings. The van der Waals surface area contributed by atoms with Gasteiger partial charge in [-0.1, -0.05) is 35.3 Å². The van der Waals surface area contributed by atoms with Crippen molar-refractivity contribution >= 4 is 28.9 Å². The van der Waals surface area contributed by atoms with Crippen LogP contribution in [0.1, 0.15) is 5.89 Å². The summed E-state index contributed by atoms with van der Waals surface area (Å²) in [4.78, 5) is 14.6. The van der Waals surface area contributed by atoms with E-state index in [4.69, 9.17) is 32.4 Å². The number of benzene rings is 2. The van der Waals surface area contributed by atoms with Gasteiger partial charge in [0.1, 0.15) is 0 Å². The molecule has 0 amide bonds. The molecule has 0 fully saturated rings. The van der Waals surface area contributed by atoms with Crippen LogP contribution in [0.25, 0.3) is 11.3 Å². The number of nitro benzene ring substituents is 1. The molecule has 122 valence electrons. The lowest BCUT2D eigenvalue weighted by Gasteiger charge is -2.04. The third-order valence-corrected chi connectivity index (χ3v) is 3.60. The number of halogens is 2. The van der Waals surface area contributed by atoms with Gasteiger partial charge in [0.05, 0.1) is 11.1 Å². The summed E-state index contributed by atoms with van der Waals surface area (Å²) in [5.74, 6) is 0.905. The van der Waals surface area contributed by atoms with Crippen molar-refractivity contribution in [2.75, 3.05) is 0 Å². The van der Waals surface area contributed by atoms with Gasteiger partial charge < -0.3 is 9.15 Å². The van der Waals surface area contributed by atoms with Gasteiger partial charge >= 0.3 is 5.69 Å². The van der Waals surface area contributed by atoms with Crippen LogP contribution in [0.3, 0.4) is 0 Å². The van der Waals surface area contributed by atoms with Gasteiger partial charge in [0.25, 0.3) is 0 Å². The Kier molecular flexibility index (Phi) is 4.69. The summed E-state index contributed by atoms with van der Waals surface area (Å²) < 4.78 is 11.0. The first-order chi connectivity index (χ1) is 11.5. The molecule has 1 heterocycles. The van der Waals surface area contributed by atoms with E-state index in [-0.39, 0.29) is 29.0 Å². The number of hydrogen-bond acceptors (Lipinski definition) is 5. The lowest BCUT2D eigenvalue weighted by Crippen LogP contribution is -1.99. The van der Waals surface area contributed by atoms with Crippen molar-refractivity contribution in [3.63, 3.8) is 0 Å². The summed E-state index contributed by atoms with van der Waals surface area (Å²) in [6, 6.07) is 11.3. The maximum absolute atomic E-state index is 11.0. The van der Waals surface area contributed by atoms with Gasteiger partial charge in [-0.25, -0.2) is 4.98 Å². The maximum Gasteiger partial charge on any atom is 0.312 e. The lowest BCUT2D eigenvalue weighted by atomic mass is 10.2. The van der Waals surface area contributed by atoms with Crippen molar-refractivity contribution in [1.29, 1.82) is 0 Å². The van der Waals surface area contributed by atoms with Crippen LogP contribution in [-0.2, 0) is 6.61 Å². The number of ether oxygens (including phenoxy) is 1. The molecule has 6 nitrogen and oxygen atoms in total. The number of nitro groups is 1. The van der Waals surface area contributed by atoms with E-state index in [1.807, 2.05) is 6.07 Å². The van der Waals surface area contributed by atoms with E-state index in [9.17, 15) is 10.1 Å². The summed E-state index contributed by atoms with van der Waals surface area (Å²) in [6.07, 6.45) is 1.54. The second-order valence-electron chi connectivity index (χ2n) is 4.79. The van der Waals surface area contributed by atoms with E-state index in [1.54, 1.807) is 24.4 Å². The van der Waals surface area contributed by atoms with Crippen LogP contribution in [0.2, 0.25) is 10.0 Å². The Balaban J connectivity index is 1.76. The van der Waals surface area contributed by atoms with Crippen LogP contribution in [-0.4, -0.2) is 9.91 Å². The second-order valence-corrected chi connectivity index (χ2v) is 5.66. The normalized spacial score (nSPS) is 10.6. The van der Waals surface area contributed by atoms with Crippen LogP contribution in [0, 0.1) is 10.1 Å². The summed E-state index contributed by atoms with van der Waals surface area (Å²) in [7, 11) is 0. The molecule has 24 heavy (non-hydrogen) atoms. The minimum absolute atomic E-state index is 0.0525. The van der Waals surface area contributed by atoms with Crippen molar-refractivity contribution in [2.24, 2.45) is 0 Å². The number of rotatable bonds is 5. The van der Waals surface area contributed by atoms with Gasteiger partial charge in [-0.2, -0.15) is 0 Å². The van der Waals surface area contributed by atoms with Crippen molar-refractivity contribution in [2.45, 2.75) is 6.61 Å². The smallest absolute Gasteiger partial charge is 0.312 e. The molecule has 8 heteroatoms. The average molecular weight is 365 g/mol. The first-order valence-electron chi connectivity index (χ1n) is 6.80. The summed E-state index contributed by atoms with van der Waals surface area (Å²) in [6.45, 7) is -0.0525. The van der Waals surface area contributed by atoms with E-state index in [0.717, 1.165) is 5.56 Å². The molecule has 0 aliphatic carbocycles. The zero-order valence-corrected chi connectivity index (χ0v) is 13.6. The predicted octanol–water partition coefficient (Wildman–Crippen LogP) is 5.14. The summed E-state index contributed by atoms with van der Waals surface area (Å²) >= 11 is 11.7. The van der Waals surface area contributed by atoms with Gasteiger partial charge in [0, 0.05) is 21.7 Å². The molecule has 0 N–H and O–H groups in total. The Morgan fingerprint density at radius 1 is 1.17 bits per heavy atom. The monoisotopic (exact) mass is 364 g/mol. The third-order valence-electron chi connectivity index (χ3n) is 3.13. The molecular formula is C16H10Cl2N2O4. The molecule has 0 saturated carbocycles. The zero-order chi connectivity index (χ0) is 17.1. The molecule has 0 aliphatic heterocycles. The quantitative estimate of drug-likeness (QED) is 0.462. The van der Waals surface area contributed by atoms with Crippen molar-refractivity contribution in [3.05, 3.63) is 74.7 Å². The Bertz CT molecular complexity index is 895. The van der Waals surface area contributed by atoms with E-state index in [2.05, 4.69) is 4.98 Å². The summed E-state index contributed by atoms with van der Waals surface area (Å²) in [5, 5.41) is 11.9. The topological polar surface area (TPSA) is 78.4 Å². The Labute approximate surface area is 146 Å². The lowest BCUT2D eigenvalue weighted by molar-refractivity contribution is -0.385. The Hall–Kier alpha value is -2.57. The molecule has 0 unspecified atom stereocenters. The first kappa shape index (κ1) is 16.3. The number of aromatic nitrogens is 1. The van der Waals surface area contributed by atoms with E-state index in [1.165, 1.54) is 18.2 Å². The van der Waals surface area contributed by atoms with Crippen molar-refractivity contribution in [1.82, 2.24) is 4.98 Å². The number of hydrogen-bond donors (Lipinski definition) is 0. The molecular weight excluding hydrogens is 355 g/mol. The van der Waals surface area contributed by atoms with Crippen molar-refractivity contribution < 1.29 is 14.1 Å². The average Bonchev–Trinajstić information content (AvgIpc) is 3.02. The summed E-state index contributed by atoms with van der Waals surface area (Å²) in [5.41, 5.74) is 0.558. The molecule has 0 spiro atoms. The minimum Gasteiger partial charge on any atom is -0.477 e. The van der Waals surface area contributed by atoms with Crippen LogP contribution >= 0.6 is 23.2 Å². The standard InChI is InChI=1S/C16H10Cl2N2O4/c17-11-3-1-2-10(6-11)15-8-19-16(24-15)9-23-14-5-4-12(18)7-13(14)20(21)22/h1-8H,9H2. The predicted molar refractivity (Wildman–Crippen MR) is 89.4 cm³/mol. The van der Waals surface area contributed by atoms with Gasteiger partial charge in [-0.15, -0.1) is 0 Å². The second kappa shape index (κ2) is 6.90. The van der Waals surface area contributed by atoms with E-state index in [0.29, 0.717) is 10.8 Å². The number of nitrogens with zero attached hydrogens (tertiary/aromatic N) is 2. The zero-order valence-electron chi connectivity index (χ0n) is 12.1. The van der Waals surface area contributed by atoms with Crippen LogP contribution in [0.15, 0.2) is 53.1 Å². The molecule has 1 aromatic heterocycles. The fourth-order valence-electron chi connectivity index (χ4n) is 2.05. The first-order valence-corrected chi connectivity index (χ1v) is 7.56. The minimum atomic E-state index is -0.561. The molecule has 0 atom stereocenters. The highest BCUT2D eigenvalue weighted by molar-refractivity contribution is 6.31. The SMILES string of the molecule is O=[N+]([O-])c1cc(Cl)ccc1OCc1ncc(-c2cccc(Cl)c2)o1. The van der Waals surface area contributed by atoms with Crippen molar-refractivity contribution in [3.8, 4) is 17.1 Å². The highest BCUT2D eigenvalue weighted by Gasteiger charge is 2.17. The highest BCUT2D eigenvalue weighted by atomic mass is 35.5. The molecule has 3 aromatic rings. The molecule has 0 bridgehead atoms. The van der Waals surface area contributed by atoms with Crippen LogP contribution in [0.4, 0.5) is 5.69 Å². The van der Waals surface area contributed by atoms with Crippen LogP contribution in [0.5, 0.6) is 5.75 Å². The van der Waals surface area contributed by atoms with E-state index >= 15 is 0 Å². The van der Waals surface area contributed by atoms with Crippen LogP contribution < -0.4 is 4.74 Å². The fraction of sp³-hybridized carbons (Fsp3) is 0.0625. The van der Waals surface area contributed by atoms with E-state index < -0.39 is 4.92 Å². The largest absolute Gasteiger partial charge is 0.477 e. The fourth-order valence-corrected chi connectivity index (χ4v) is 2.40. The maximum atomic E-state index is 11.0. The third kappa shape index (κ3) is 3.67. The molecule has 2 aromatic carbocycles. The Morgan fingerprint density at radius 2 is 1.96 bits per heavy atom. The van der Waals surface area contributed by atoms with Gasteiger partial charge in [0.2, 0.25) is 5.89 Å². The highest BCUT2D eigenvalue weighted by Crippen LogP contribution is 2.31.